The van der Waals surface area contributed by atoms with Crippen LogP contribution in [0.15, 0.2) is 41.5 Å². The van der Waals surface area contributed by atoms with Crippen molar-refractivity contribution in [1.82, 2.24) is 9.55 Å². The van der Waals surface area contributed by atoms with Crippen LogP contribution in [0.3, 0.4) is 0 Å². The Balaban J connectivity index is 2.07. The van der Waals surface area contributed by atoms with Gasteiger partial charge in [0.25, 0.3) is 5.56 Å². The second-order valence-electron chi connectivity index (χ2n) is 4.20. The second-order valence-corrected chi connectivity index (χ2v) is 4.20. The van der Waals surface area contributed by atoms with Crippen molar-refractivity contribution in [2.24, 2.45) is 0 Å². The highest BCUT2D eigenvalue weighted by Crippen LogP contribution is 2.04. The Labute approximate surface area is 109 Å². The Hall–Kier alpha value is -2.63. The van der Waals surface area contributed by atoms with E-state index in [9.17, 15) is 9.59 Å². The molecule has 19 heavy (non-hydrogen) atoms. The quantitative estimate of drug-likeness (QED) is 0.851. The molecule has 6 heteroatoms. The van der Waals surface area contributed by atoms with Crippen LogP contribution in [0.25, 0.3) is 0 Å². The molecule has 0 saturated carbocycles. The molecule has 1 amide bonds. The van der Waals surface area contributed by atoms with Gasteiger partial charge in [-0.1, -0.05) is 6.07 Å². The highest BCUT2D eigenvalue weighted by Gasteiger charge is 2.05. The van der Waals surface area contributed by atoms with E-state index in [-0.39, 0.29) is 18.0 Å². The summed E-state index contributed by atoms with van der Waals surface area (Å²) >= 11 is 0. The topological polar surface area (TPSA) is 90.0 Å². The number of pyridine rings is 2. The first-order chi connectivity index (χ1) is 9.04. The van der Waals surface area contributed by atoms with Crippen LogP contribution in [-0.2, 0) is 11.3 Å². The van der Waals surface area contributed by atoms with Gasteiger partial charge < -0.3 is 15.6 Å². The van der Waals surface area contributed by atoms with Crippen LogP contribution in [0, 0.1) is 6.92 Å². The van der Waals surface area contributed by atoms with Crippen molar-refractivity contribution in [3.8, 4) is 0 Å². The Morgan fingerprint density at radius 3 is 2.84 bits per heavy atom. The van der Waals surface area contributed by atoms with Crippen molar-refractivity contribution < 1.29 is 4.79 Å². The number of aryl methyl sites for hydroxylation is 1. The molecule has 0 unspecified atom stereocenters. The number of rotatable bonds is 3. The molecule has 2 aromatic heterocycles. The summed E-state index contributed by atoms with van der Waals surface area (Å²) < 4.78 is 1.25. The van der Waals surface area contributed by atoms with E-state index in [1.54, 1.807) is 12.3 Å². The van der Waals surface area contributed by atoms with Crippen molar-refractivity contribution in [2.75, 3.05) is 11.1 Å². The Kier molecular flexibility index (Phi) is 3.61. The fourth-order valence-electron chi connectivity index (χ4n) is 1.55. The van der Waals surface area contributed by atoms with Crippen LogP contribution < -0.4 is 16.6 Å². The Morgan fingerprint density at radius 1 is 1.37 bits per heavy atom. The van der Waals surface area contributed by atoms with E-state index in [0.717, 1.165) is 5.56 Å². The zero-order valence-corrected chi connectivity index (χ0v) is 10.5. The van der Waals surface area contributed by atoms with E-state index in [2.05, 4.69) is 10.3 Å². The van der Waals surface area contributed by atoms with Crippen molar-refractivity contribution in [3.05, 3.63) is 52.6 Å². The van der Waals surface area contributed by atoms with Crippen LogP contribution in [-0.4, -0.2) is 15.5 Å². The smallest absolute Gasteiger partial charge is 0.251 e. The molecule has 0 spiro atoms. The minimum Gasteiger partial charge on any atom is -0.398 e. The molecule has 2 heterocycles. The van der Waals surface area contributed by atoms with E-state index in [1.165, 1.54) is 22.9 Å². The zero-order valence-electron chi connectivity index (χ0n) is 10.5. The molecule has 0 aliphatic heterocycles. The third-order valence-corrected chi connectivity index (χ3v) is 2.50. The first kappa shape index (κ1) is 12.8. The predicted octanol–water partition coefficient (Wildman–Crippen LogP) is 0.773. The number of aromatic nitrogens is 2. The van der Waals surface area contributed by atoms with Gasteiger partial charge in [-0.2, -0.15) is 0 Å². The highest BCUT2D eigenvalue weighted by atomic mass is 16.2. The van der Waals surface area contributed by atoms with E-state index in [4.69, 9.17) is 5.73 Å². The van der Waals surface area contributed by atoms with Crippen LogP contribution in [0.5, 0.6) is 0 Å². The predicted molar refractivity (Wildman–Crippen MR) is 72.7 cm³/mol. The fraction of sp³-hybridized carbons (Fsp3) is 0.154. The molecule has 0 fully saturated rings. The van der Waals surface area contributed by atoms with Gasteiger partial charge in [-0.25, -0.2) is 4.98 Å². The van der Waals surface area contributed by atoms with Gasteiger partial charge in [-0.05, 0) is 24.6 Å². The molecule has 0 atom stereocenters. The lowest BCUT2D eigenvalue weighted by Gasteiger charge is -2.07. The number of hydrogen-bond acceptors (Lipinski definition) is 4. The first-order valence-corrected chi connectivity index (χ1v) is 5.73. The number of amides is 1. The zero-order chi connectivity index (χ0) is 13.8. The van der Waals surface area contributed by atoms with Gasteiger partial charge in [0, 0.05) is 24.1 Å². The summed E-state index contributed by atoms with van der Waals surface area (Å²) in [4.78, 5) is 27.4. The van der Waals surface area contributed by atoms with Gasteiger partial charge in [-0.3, -0.25) is 9.59 Å². The molecule has 2 rings (SSSR count). The van der Waals surface area contributed by atoms with Crippen LogP contribution >= 0.6 is 0 Å². The molecule has 6 nitrogen and oxygen atoms in total. The maximum atomic E-state index is 11.8. The Morgan fingerprint density at radius 2 is 2.16 bits per heavy atom. The number of nitrogen functional groups attached to an aromatic ring is 1. The molecule has 98 valence electrons. The SMILES string of the molecule is Cc1ccc(NC(=O)Cn2cc(N)ccc2=O)nc1. The molecule has 2 aromatic rings. The lowest BCUT2D eigenvalue weighted by atomic mass is 10.3. The van der Waals surface area contributed by atoms with Gasteiger partial charge in [0.05, 0.1) is 0 Å². The van der Waals surface area contributed by atoms with Gasteiger partial charge in [0.1, 0.15) is 12.4 Å². The third kappa shape index (κ3) is 3.41. The lowest BCUT2D eigenvalue weighted by Crippen LogP contribution is -2.27. The number of hydrogen-bond donors (Lipinski definition) is 2. The van der Waals surface area contributed by atoms with Crippen LogP contribution in [0.1, 0.15) is 5.56 Å². The average molecular weight is 258 g/mol. The lowest BCUT2D eigenvalue weighted by molar-refractivity contribution is -0.116. The second kappa shape index (κ2) is 5.34. The molecule has 0 radical (unpaired) electrons. The highest BCUT2D eigenvalue weighted by molar-refractivity contribution is 5.89. The van der Waals surface area contributed by atoms with Gasteiger partial charge >= 0.3 is 0 Å². The number of nitrogens with one attached hydrogen (secondary N) is 1. The molecule has 0 saturated heterocycles. The van der Waals surface area contributed by atoms with Crippen molar-refractivity contribution in [2.45, 2.75) is 13.5 Å². The summed E-state index contributed by atoms with van der Waals surface area (Å²) in [5.74, 6) is 0.122. The maximum absolute atomic E-state index is 11.8. The number of nitrogens with zero attached hydrogens (tertiary/aromatic N) is 2. The van der Waals surface area contributed by atoms with Gasteiger partial charge in [-0.15, -0.1) is 0 Å². The van der Waals surface area contributed by atoms with Crippen LogP contribution in [0.4, 0.5) is 11.5 Å². The minimum absolute atomic E-state index is 0.0978. The number of carbonyl (C=O) groups is 1. The summed E-state index contributed by atoms with van der Waals surface area (Å²) in [6, 6.07) is 6.37. The maximum Gasteiger partial charge on any atom is 0.251 e. The average Bonchev–Trinajstić information content (AvgIpc) is 2.37. The summed E-state index contributed by atoms with van der Waals surface area (Å²) in [5.41, 5.74) is 6.73. The molecule has 0 aromatic carbocycles. The monoisotopic (exact) mass is 258 g/mol. The number of carbonyl (C=O) groups excluding carboxylic acids is 1. The molecular weight excluding hydrogens is 244 g/mol. The fourth-order valence-corrected chi connectivity index (χ4v) is 1.55. The molecule has 0 bridgehead atoms. The largest absolute Gasteiger partial charge is 0.398 e. The van der Waals surface area contributed by atoms with Gasteiger partial charge in [0.2, 0.25) is 5.91 Å². The van der Waals surface area contributed by atoms with E-state index in [1.807, 2.05) is 13.0 Å². The first-order valence-electron chi connectivity index (χ1n) is 5.73. The van der Waals surface area contributed by atoms with Crippen LogP contribution in [0.2, 0.25) is 0 Å². The van der Waals surface area contributed by atoms with Crippen molar-refractivity contribution in [3.63, 3.8) is 0 Å². The van der Waals surface area contributed by atoms with Crippen molar-refractivity contribution in [1.29, 1.82) is 0 Å². The summed E-state index contributed by atoms with van der Waals surface area (Å²) in [6.07, 6.45) is 3.09. The normalized spacial score (nSPS) is 10.2. The summed E-state index contributed by atoms with van der Waals surface area (Å²) in [5, 5.41) is 2.61. The molecule has 0 aliphatic rings. The molecule has 0 aliphatic carbocycles. The molecular formula is C13H14N4O2. The van der Waals surface area contributed by atoms with E-state index in [0.29, 0.717) is 11.5 Å². The minimum atomic E-state index is -0.330. The van der Waals surface area contributed by atoms with Crippen molar-refractivity contribution >= 4 is 17.4 Å². The number of nitrogens with two attached hydrogens (primary N) is 1. The van der Waals surface area contributed by atoms with E-state index < -0.39 is 0 Å². The third-order valence-electron chi connectivity index (χ3n) is 2.50. The Bertz CT molecular complexity index is 646. The summed E-state index contributed by atoms with van der Waals surface area (Å²) in [6.45, 7) is 1.81. The van der Waals surface area contributed by atoms with E-state index >= 15 is 0 Å². The molecule has 3 N–H and O–H groups in total. The van der Waals surface area contributed by atoms with Gasteiger partial charge in [0.15, 0.2) is 0 Å². The number of anilines is 2. The summed E-state index contributed by atoms with van der Waals surface area (Å²) in [7, 11) is 0. The standard InChI is InChI=1S/C13H14N4O2/c1-9-2-4-11(15-6-9)16-12(18)8-17-7-10(14)3-5-13(17)19/h2-7H,8,14H2,1H3,(H,15,16,18).